The average molecular weight is 346 g/mol. The van der Waals surface area contributed by atoms with Crippen molar-refractivity contribution in [3.8, 4) is 5.75 Å². The minimum atomic E-state index is -0.128. The number of aromatic nitrogens is 1. The van der Waals surface area contributed by atoms with Gasteiger partial charge in [0.25, 0.3) is 5.91 Å². The SMILES string of the molecule is CC(C)c1ccccc1NC(=O)c1ccc(OCc2cccnc2)cc1. The molecule has 0 aliphatic rings. The van der Waals surface area contributed by atoms with Crippen LogP contribution in [0.4, 0.5) is 5.69 Å². The molecular formula is C22H22N2O2. The molecule has 1 amide bonds. The van der Waals surface area contributed by atoms with Crippen LogP contribution in [-0.2, 0) is 6.61 Å². The second-order valence-electron chi connectivity index (χ2n) is 6.37. The van der Waals surface area contributed by atoms with E-state index in [1.807, 2.05) is 36.4 Å². The summed E-state index contributed by atoms with van der Waals surface area (Å²) in [5.41, 5.74) is 3.57. The number of rotatable bonds is 6. The summed E-state index contributed by atoms with van der Waals surface area (Å²) >= 11 is 0. The molecule has 0 saturated heterocycles. The van der Waals surface area contributed by atoms with Crippen molar-refractivity contribution in [1.82, 2.24) is 4.98 Å². The Balaban J connectivity index is 1.64. The van der Waals surface area contributed by atoms with Gasteiger partial charge in [0.2, 0.25) is 0 Å². The maximum absolute atomic E-state index is 12.5. The van der Waals surface area contributed by atoms with Gasteiger partial charge >= 0.3 is 0 Å². The van der Waals surface area contributed by atoms with E-state index in [-0.39, 0.29) is 5.91 Å². The molecule has 1 aromatic heterocycles. The smallest absolute Gasteiger partial charge is 0.255 e. The number of nitrogens with one attached hydrogen (secondary N) is 1. The lowest BCUT2D eigenvalue weighted by Gasteiger charge is -2.14. The number of carbonyl (C=O) groups is 1. The van der Waals surface area contributed by atoms with Gasteiger partial charge in [0, 0.05) is 29.2 Å². The Morgan fingerprint density at radius 2 is 1.81 bits per heavy atom. The van der Waals surface area contributed by atoms with E-state index in [2.05, 4.69) is 24.1 Å². The summed E-state index contributed by atoms with van der Waals surface area (Å²) in [7, 11) is 0. The third-order valence-corrected chi connectivity index (χ3v) is 4.08. The van der Waals surface area contributed by atoms with Crippen LogP contribution in [-0.4, -0.2) is 10.9 Å². The van der Waals surface area contributed by atoms with Crippen molar-refractivity contribution >= 4 is 11.6 Å². The van der Waals surface area contributed by atoms with Crippen LogP contribution in [0.15, 0.2) is 73.1 Å². The molecule has 0 bridgehead atoms. The number of benzene rings is 2. The van der Waals surface area contributed by atoms with E-state index in [9.17, 15) is 4.79 Å². The Hall–Kier alpha value is -3.14. The fourth-order valence-electron chi connectivity index (χ4n) is 2.66. The lowest BCUT2D eigenvalue weighted by Crippen LogP contribution is -2.13. The molecule has 1 N–H and O–H groups in total. The average Bonchev–Trinajstić information content (AvgIpc) is 2.68. The van der Waals surface area contributed by atoms with Crippen molar-refractivity contribution in [1.29, 1.82) is 0 Å². The van der Waals surface area contributed by atoms with Crippen LogP contribution < -0.4 is 10.1 Å². The molecule has 26 heavy (non-hydrogen) atoms. The lowest BCUT2D eigenvalue weighted by molar-refractivity contribution is 0.102. The molecule has 0 spiro atoms. The molecule has 0 radical (unpaired) electrons. The molecule has 4 heteroatoms. The van der Waals surface area contributed by atoms with Crippen molar-refractivity contribution in [2.75, 3.05) is 5.32 Å². The third-order valence-electron chi connectivity index (χ3n) is 4.08. The third kappa shape index (κ3) is 4.48. The molecule has 3 aromatic rings. The van der Waals surface area contributed by atoms with E-state index in [0.717, 1.165) is 16.8 Å². The van der Waals surface area contributed by atoms with Gasteiger partial charge in [0.1, 0.15) is 12.4 Å². The molecule has 0 unspecified atom stereocenters. The summed E-state index contributed by atoms with van der Waals surface area (Å²) in [5, 5.41) is 3.00. The van der Waals surface area contributed by atoms with Crippen LogP contribution in [0, 0.1) is 0 Å². The molecule has 1 heterocycles. The van der Waals surface area contributed by atoms with E-state index < -0.39 is 0 Å². The summed E-state index contributed by atoms with van der Waals surface area (Å²) in [4.78, 5) is 16.6. The van der Waals surface area contributed by atoms with Crippen molar-refractivity contribution in [2.24, 2.45) is 0 Å². The number of carbonyl (C=O) groups excluding carboxylic acids is 1. The zero-order chi connectivity index (χ0) is 18.4. The highest BCUT2D eigenvalue weighted by atomic mass is 16.5. The number of hydrogen-bond acceptors (Lipinski definition) is 3. The van der Waals surface area contributed by atoms with E-state index in [4.69, 9.17) is 4.74 Å². The van der Waals surface area contributed by atoms with Crippen LogP contribution in [0.3, 0.4) is 0 Å². The normalized spacial score (nSPS) is 10.6. The maximum atomic E-state index is 12.5. The zero-order valence-electron chi connectivity index (χ0n) is 15.0. The molecular weight excluding hydrogens is 324 g/mol. The van der Waals surface area contributed by atoms with Crippen molar-refractivity contribution < 1.29 is 9.53 Å². The van der Waals surface area contributed by atoms with Gasteiger partial charge in [-0.3, -0.25) is 9.78 Å². The number of anilines is 1. The number of hydrogen-bond donors (Lipinski definition) is 1. The lowest BCUT2D eigenvalue weighted by atomic mass is 10.0. The van der Waals surface area contributed by atoms with Crippen LogP contribution in [0.1, 0.15) is 41.3 Å². The zero-order valence-corrected chi connectivity index (χ0v) is 15.0. The van der Waals surface area contributed by atoms with Gasteiger partial charge in [0.15, 0.2) is 0 Å². The fourth-order valence-corrected chi connectivity index (χ4v) is 2.66. The fraction of sp³-hybridized carbons (Fsp3) is 0.182. The predicted molar refractivity (Wildman–Crippen MR) is 103 cm³/mol. The summed E-state index contributed by atoms with van der Waals surface area (Å²) in [6, 6.07) is 18.9. The minimum absolute atomic E-state index is 0.128. The Morgan fingerprint density at radius 1 is 1.04 bits per heavy atom. The Bertz CT molecular complexity index is 859. The first-order valence-corrected chi connectivity index (χ1v) is 8.65. The van der Waals surface area contributed by atoms with Gasteiger partial charge in [-0.05, 0) is 47.9 Å². The number of nitrogens with zero attached hydrogens (tertiary/aromatic N) is 1. The van der Waals surface area contributed by atoms with Crippen molar-refractivity contribution in [3.63, 3.8) is 0 Å². The number of pyridine rings is 1. The molecule has 0 saturated carbocycles. The highest BCUT2D eigenvalue weighted by Crippen LogP contribution is 2.24. The van der Waals surface area contributed by atoms with Crippen LogP contribution in [0.25, 0.3) is 0 Å². The topological polar surface area (TPSA) is 51.2 Å². The Labute approximate surface area is 153 Å². The quantitative estimate of drug-likeness (QED) is 0.680. The first-order chi connectivity index (χ1) is 12.6. The van der Waals surface area contributed by atoms with E-state index >= 15 is 0 Å². The Morgan fingerprint density at radius 3 is 2.50 bits per heavy atom. The highest BCUT2D eigenvalue weighted by molar-refractivity contribution is 6.04. The number of para-hydroxylation sites is 1. The van der Waals surface area contributed by atoms with Gasteiger partial charge in [-0.2, -0.15) is 0 Å². The van der Waals surface area contributed by atoms with Crippen molar-refractivity contribution in [3.05, 3.63) is 89.7 Å². The van der Waals surface area contributed by atoms with E-state index in [1.165, 1.54) is 0 Å². The second-order valence-corrected chi connectivity index (χ2v) is 6.37. The molecule has 3 rings (SSSR count). The monoisotopic (exact) mass is 346 g/mol. The van der Waals surface area contributed by atoms with Crippen molar-refractivity contribution in [2.45, 2.75) is 26.4 Å². The first-order valence-electron chi connectivity index (χ1n) is 8.65. The van der Waals surface area contributed by atoms with Crippen LogP contribution >= 0.6 is 0 Å². The molecule has 4 nitrogen and oxygen atoms in total. The van der Waals surface area contributed by atoms with E-state index in [1.54, 1.807) is 36.7 Å². The molecule has 0 aliphatic heterocycles. The van der Waals surface area contributed by atoms with Gasteiger partial charge in [-0.1, -0.05) is 38.1 Å². The summed E-state index contributed by atoms with van der Waals surface area (Å²) in [6.07, 6.45) is 3.50. The molecule has 0 fully saturated rings. The maximum Gasteiger partial charge on any atom is 0.255 e. The standard InChI is InChI=1S/C22H22N2O2/c1-16(2)20-7-3-4-8-21(20)24-22(25)18-9-11-19(12-10-18)26-15-17-6-5-13-23-14-17/h3-14,16H,15H2,1-2H3,(H,24,25). The van der Waals surface area contributed by atoms with Gasteiger partial charge < -0.3 is 10.1 Å². The Kier molecular flexibility index (Phi) is 5.64. The second kappa shape index (κ2) is 8.30. The molecule has 2 aromatic carbocycles. The highest BCUT2D eigenvalue weighted by Gasteiger charge is 2.11. The molecule has 0 aliphatic carbocycles. The predicted octanol–water partition coefficient (Wildman–Crippen LogP) is 5.04. The number of amides is 1. The summed E-state index contributed by atoms with van der Waals surface area (Å²) in [6.45, 7) is 4.67. The largest absolute Gasteiger partial charge is 0.489 e. The van der Waals surface area contributed by atoms with E-state index in [0.29, 0.717) is 23.8 Å². The molecule has 0 atom stereocenters. The van der Waals surface area contributed by atoms with Gasteiger partial charge in [-0.25, -0.2) is 0 Å². The summed E-state index contributed by atoms with van der Waals surface area (Å²) < 4.78 is 5.72. The van der Waals surface area contributed by atoms with Crippen LogP contribution in [0.2, 0.25) is 0 Å². The van der Waals surface area contributed by atoms with Gasteiger partial charge in [0.05, 0.1) is 0 Å². The first kappa shape index (κ1) is 17.7. The number of ether oxygens (including phenoxy) is 1. The summed E-state index contributed by atoms with van der Waals surface area (Å²) in [5.74, 6) is 0.930. The van der Waals surface area contributed by atoms with Crippen LogP contribution in [0.5, 0.6) is 5.75 Å². The minimum Gasteiger partial charge on any atom is -0.489 e. The molecule has 132 valence electrons. The van der Waals surface area contributed by atoms with Gasteiger partial charge in [-0.15, -0.1) is 0 Å².